The van der Waals surface area contributed by atoms with Crippen LogP contribution in [0.25, 0.3) is 0 Å². The molecular weight excluding hydrogens is 356 g/mol. The molecule has 3 heterocycles. The Bertz CT molecular complexity index is 778. The van der Waals surface area contributed by atoms with Gasteiger partial charge >= 0.3 is 6.09 Å². The van der Waals surface area contributed by atoms with E-state index in [4.69, 9.17) is 4.74 Å². The van der Waals surface area contributed by atoms with Crippen molar-refractivity contribution in [2.75, 3.05) is 56.2 Å². The molecule has 1 aliphatic heterocycles. The average molecular weight is 384 g/mol. The first-order valence-electron chi connectivity index (χ1n) is 9.69. The summed E-state index contributed by atoms with van der Waals surface area (Å²) in [5, 5.41) is 0. The Kier molecular flexibility index (Phi) is 6.62. The summed E-state index contributed by atoms with van der Waals surface area (Å²) in [6.07, 6.45) is 4.32. The number of anilines is 2. The molecule has 1 saturated heterocycles. The first-order valence-corrected chi connectivity index (χ1v) is 9.69. The largest absolute Gasteiger partial charge is 0.450 e. The van der Waals surface area contributed by atoms with E-state index in [-0.39, 0.29) is 6.09 Å². The standard InChI is InChI=1S/C20H28N6O2/c1-4-28-20(27)26-13-11-25(12-14-26)19-15-18(22-16(2)23-19)24(3)10-7-17-5-8-21-9-6-17/h5-6,8-9,15H,4,7,10-14H2,1-3H3. The van der Waals surface area contributed by atoms with Crippen LogP contribution in [0, 0.1) is 6.92 Å². The van der Waals surface area contributed by atoms with Crippen LogP contribution in [-0.2, 0) is 11.2 Å². The van der Waals surface area contributed by atoms with Crippen LogP contribution < -0.4 is 9.80 Å². The maximum atomic E-state index is 11.9. The minimum absolute atomic E-state index is 0.238. The fourth-order valence-corrected chi connectivity index (χ4v) is 3.19. The molecule has 0 unspecified atom stereocenters. The van der Waals surface area contributed by atoms with Crippen LogP contribution >= 0.6 is 0 Å². The fraction of sp³-hybridized carbons (Fsp3) is 0.500. The SMILES string of the molecule is CCOC(=O)N1CCN(c2cc(N(C)CCc3ccncc3)nc(C)n2)CC1. The van der Waals surface area contributed by atoms with E-state index >= 15 is 0 Å². The van der Waals surface area contributed by atoms with Gasteiger partial charge in [-0.2, -0.15) is 0 Å². The van der Waals surface area contributed by atoms with E-state index < -0.39 is 0 Å². The van der Waals surface area contributed by atoms with Gasteiger partial charge in [0.2, 0.25) is 0 Å². The smallest absolute Gasteiger partial charge is 0.409 e. The van der Waals surface area contributed by atoms with Gasteiger partial charge in [-0.05, 0) is 38.0 Å². The minimum atomic E-state index is -0.238. The first kappa shape index (κ1) is 19.9. The lowest BCUT2D eigenvalue weighted by atomic mass is 10.2. The monoisotopic (exact) mass is 384 g/mol. The summed E-state index contributed by atoms with van der Waals surface area (Å²) in [5.74, 6) is 2.56. The van der Waals surface area contributed by atoms with Crippen molar-refractivity contribution in [3.63, 3.8) is 0 Å². The number of likely N-dealkylation sites (N-methyl/N-ethyl adjacent to an activating group) is 1. The van der Waals surface area contributed by atoms with Gasteiger partial charge in [-0.25, -0.2) is 14.8 Å². The third-order valence-corrected chi connectivity index (χ3v) is 4.82. The van der Waals surface area contributed by atoms with Crippen molar-refractivity contribution < 1.29 is 9.53 Å². The highest BCUT2D eigenvalue weighted by molar-refractivity contribution is 5.68. The van der Waals surface area contributed by atoms with E-state index in [0.717, 1.165) is 43.5 Å². The molecule has 0 N–H and O–H groups in total. The van der Waals surface area contributed by atoms with Gasteiger partial charge in [0.25, 0.3) is 0 Å². The van der Waals surface area contributed by atoms with Gasteiger partial charge in [0.1, 0.15) is 17.5 Å². The molecule has 8 nitrogen and oxygen atoms in total. The molecule has 150 valence electrons. The van der Waals surface area contributed by atoms with Crippen molar-refractivity contribution in [3.05, 3.63) is 42.0 Å². The molecular formula is C20H28N6O2. The fourth-order valence-electron chi connectivity index (χ4n) is 3.19. The number of amides is 1. The van der Waals surface area contributed by atoms with Crippen molar-refractivity contribution >= 4 is 17.7 Å². The Balaban J connectivity index is 1.62. The van der Waals surface area contributed by atoms with Crippen LogP contribution in [0.1, 0.15) is 18.3 Å². The van der Waals surface area contributed by atoms with Crippen molar-refractivity contribution in [3.8, 4) is 0 Å². The predicted molar refractivity (Wildman–Crippen MR) is 109 cm³/mol. The number of aryl methyl sites for hydroxylation is 1. The summed E-state index contributed by atoms with van der Waals surface area (Å²) < 4.78 is 5.09. The van der Waals surface area contributed by atoms with E-state index in [0.29, 0.717) is 19.7 Å². The van der Waals surface area contributed by atoms with Crippen LogP contribution in [0.15, 0.2) is 30.6 Å². The Labute approximate surface area is 166 Å². The number of ether oxygens (including phenoxy) is 1. The molecule has 2 aromatic heterocycles. The van der Waals surface area contributed by atoms with Gasteiger partial charge in [0, 0.05) is 58.2 Å². The van der Waals surface area contributed by atoms with E-state index in [1.165, 1.54) is 5.56 Å². The third-order valence-electron chi connectivity index (χ3n) is 4.82. The highest BCUT2D eigenvalue weighted by atomic mass is 16.6. The molecule has 28 heavy (non-hydrogen) atoms. The number of piperazine rings is 1. The summed E-state index contributed by atoms with van der Waals surface area (Å²) in [6, 6.07) is 6.10. The number of carbonyl (C=O) groups excluding carboxylic acids is 1. The van der Waals surface area contributed by atoms with E-state index in [2.05, 4.69) is 24.8 Å². The molecule has 0 radical (unpaired) electrons. The zero-order valence-corrected chi connectivity index (χ0v) is 16.8. The zero-order valence-electron chi connectivity index (χ0n) is 16.8. The summed E-state index contributed by atoms with van der Waals surface area (Å²) in [7, 11) is 2.05. The van der Waals surface area contributed by atoms with Crippen molar-refractivity contribution in [1.29, 1.82) is 0 Å². The number of pyridine rings is 1. The Hall–Kier alpha value is -2.90. The lowest BCUT2D eigenvalue weighted by molar-refractivity contribution is 0.105. The molecule has 0 spiro atoms. The van der Waals surface area contributed by atoms with Crippen LogP contribution in [-0.4, -0.2) is 72.3 Å². The van der Waals surface area contributed by atoms with Gasteiger partial charge in [-0.1, -0.05) is 0 Å². The second-order valence-corrected chi connectivity index (χ2v) is 6.83. The van der Waals surface area contributed by atoms with Crippen molar-refractivity contribution in [1.82, 2.24) is 19.9 Å². The number of hydrogen-bond donors (Lipinski definition) is 0. The highest BCUT2D eigenvalue weighted by Crippen LogP contribution is 2.20. The van der Waals surface area contributed by atoms with Crippen LogP contribution in [0.3, 0.4) is 0 Å². The number of nitrogens with zero attached hydrogens (tertiary/aromatic N) is 6. The van der Waals surface area contributed by atoms with Crippen molar-refractivity contribution in [2.45, 2.75) is 20.3 Å². The molecule has 8 heteroatoms. The lowest BCUT2D eigenvalue weighted by Gasteiger charge is -2.35. The second-order valence-electron chi connectivity index (χ2n) is 6.83. The summed E-state index contributed by atoms with van der Waals surface area (Å²) in [5.41, 5.74) is 1.25. The molecule has 1 aliphatic rings. The summed E-state index contributed by atoms with van der Waals surface area (Å²) in [6.45, 7) is 7.73. The van der Waals surface area contributed by atoms with E-state index in [1.807, 2.05) is 51.5 Å². The average Bonchev–Trinajstić information content (AvgIpc) is 2.72. The maximum Gasteiger partial charge on any atom is 0.409 e. The molecule has 1 fully saturated rings. The maximum absolute atomic E-state index is 11.9. The van der Waals surface area contributed by atoms with Gasteiger partial charge in [-0.3, -0.25) is 4.98 Å². The number of rotatable bonds is 6. The van der Waals surface area contributed by atoms with E-state index in [1.54, 1.807) is 4.90 Å². The minimum Gasteiger partial charge on any atom is -0.450 e. The number of aromatic nitrogens is 3. The summed E-state index contributed by atoms with van der Waals surface area (Å²) in [4.78, 5) is 31.2. The van der Waals surface area contributed by atoms with Crippen molar-refractivity contribution in [2.24, 2.45) is 0 Å². The first-order chi connectivity index (χ1) is 13.6. The number of hydrogen-bond acceptors (Lipinski definition) is 7. The Morgan fingerprint density at radius 3 is 2.57 bits per heavy atom. The molecule has 0 atom stereocenters. The van der Waals surface area contributed by atoms with Crippen LogP contribution in [0.2, 0.25) is 0 Å². The normalized spacial score (nSPS) is 14.1. The molecule has 1 amide bonds. The third kappa shape index (κ3) is 5.09. The summed E-state index contributed by atoms with van der Waals surface area (Å²) >= 11 is 0. The van der Waals surface area contributed by atoms with Crippen LogP contribution in [0.4, 0.5) is 16.4 Å². The van der Waals surface area contributed by atoms with E-state index in [9.17, 15) is 4.79 Å². The molecule has 0 aromatic carbocycles. The molecule has 0 aliphatic carbocycles. The van der Waals surface area contributed by atoms with Gasteiger partial charge in [0.05, 0.1) is 6.61 Å². The lowest BCUT2D eigenvalue weighted by Crippen LogP contribution is -2.49. The zero-order chi connectivity index (χ0) is 19.9. The molecule has 0 saturated carbocycles. The predicted octanol–water partition coefficient (Wildman–Crippen LogP) is 2.14. The molecule has 3 rings (SSSR count). The highest BCUT2D eigenvalue weighted by Gasteiger charge is 2.23. The van der Waals surface area contributed by atoms with Gasteiger partial charge in [-0.15, -0.1) is 0 Å². The Morgan fingerprint density at radius 1 is 1.18 bits per heavy atom. The van der Waals surface area contributed by atoms with Gasteiger partial charge in [0.15, 0.2) is 0 Å². The Morgan fingerprint density at radius 2 is 1.89 bits per heavy atom. The second kappa shape index (κ2) is 9.34. The number of carbonyl (C=O) groups is 1. The topological polar surface area (TPSA) is 74.7 Å². The van der Waals surface area contributed by atoms with Gasteiger partial charge < -0.3 is 19.4 Å². The molecule has 0 bridgehead atoms. The quantitative estimate of drug-likeness (QED) is 0.755. The van der Waals surface area contributed by atoms with Crippen LogP contribution in [0.5, 0.6) is 0 Å². The molecule has 2 aromatic rings.